The second kappa shape index (κ2) is 4.35. The summed E-state index contributed by atoms with van der Waals surface area (Å²) in [6, 6.07) is 0. The summed E-state index contributed by atoms with van der Waals surface area (Å²) in [6.45, 7) is 5.19. The van der Waals surface area contributed by atoms with Gasteiger partial charge in [0.25, 0.3) is 0 Å². The highest BCUT2D eigenvalue weighted by Crippen LogP contribution is 2.18. The van der Waals surface area contributed by atoms with Crippen LogP contribution in [0.2, 0.25) is 0 Å². The van der Waals surface area contributed by atoms with Crippen LogP contribution in [-0.2, 0) is 0 Å². The highest BCUT2D eigenvalue weighted by molar-refractivity contribution is 7.09. The molecule has 0 fully saturated rings. The molecule has 0 spiro atoms. The second-order valence-corrected chi connectivity index (χ2v) is 4.30. The minimum atomic E-state index is 0.587. The summed E-state index contributed by atoms with van der Waals surface area (Å²) in [6.07, 6.45) is 1.61. The Morgan fingerprint density at radius 2 is 2.40 bits per heavy atom. The van der Waals surface area contributed by atoms with Gasteiger partial charge < -0.3 is 5.32 Å². The van der Waals surface area contributed by atoms with Crippen LogP contribution in [0.1, 0.15) is 13.8 Å². The van der Waals surface area contributed by atoms with Crippen molar-refractivity contribution in [2.75, 3.05) is 11.9 Å². The van der Waals surface area contributed by atoms with E-state index in [2.05, 4.69) is 43.9 Å². The first-order chi connectivity index (χ1) is 7.25. The molecule has 15 heavy (non-hydrogen) atoms. The molecule has 0 bridgehead atoms. The molecule has 2 N–H and O–H groups in total. The van der Waals surface area contributed by atoms with Crippen molar-refractivity contribution in [3.05, 3.63) is 6.20 Å². The van der Waals surface area contributed by atoms with Gasteiger partial charge in [-0.25, -0.2) is 0 Å². The molecule has 2 aromatic rings. The zero-order valence-corrected chi connectivity index (χ0v) is 9.38. The minimum absolute atomic E-state index is 0.587. The predicted octanol–water partition coefficient (Wildman–Crippen LogP) is 1.39. The largest absolute Gasteiger partial charge is 0.360 e. The van der Waals surface area contributed by atoms with Gasteiger partial charge in [-0.05, 0) is 5.92 Å². The Morgan fingerprint density at radius 1 is 1.53 bits per heavy atom. The third kappa shape index (κ3) is 2.50. The van der Waals surface area contributed by atoms with Crippen molar-refractivity contribution in [2.24, 2.45) is 5.92 Å². The van der Waals surface area contributed by atoms with Crippen LogP contribution in [0.5, 0.6) is 0 Å². The van der Waals surface area contributed by atoms with E-state index in [1.807, 2.05) is 0 Å². The summed E-state index contributed by atoms with van der Waals surface area (Å²) >= 11 is 1.34. The van der Waals surface area contributed by atoms with Crippen molar-refractivity contribution in [1.29, 1.82) is 0 Å². The molecule has 0 aliphatic rings. The fourth-order valence-electron chi connectivity index (χ4n) is 1.00. The van der Waals surface area contributed by atoms with Crippen LogP contribution in [-0.4, -0.2) is 31.3 Å². The van der Waals surface area contributed by atoms with E-state index in [-0.39, 0.29) is 0 Å². The van der Waals surface area contributed by atoms with Crippen molar-refractivity contribution >= 4 is 16.7 Å². The summed E-state index contributed by atoms with van der Waals surface area (Å²) in [4.78, 5) is 4.30. The van der Waals surface area contributed by atoms with E-state index in [0.717, 1.165) is 11.7 Å². The molecule has 2 aromatic heterocycles. The van der Waals surface area contributed by atoms with Crippen LogP contribution in [0.4, 0.5) is 5.13 Å². The molecule has 0 amide bonds. The van der Waals surface area contributed by atoms with Gasteiger partial charge in [0.2, 0.25) is 5.13 Å². The monoisotopic (exact) mass is 224 g/mol. The fourth-order valence-corrected chi connectivity index (χ4v) is 1.58. The van der Waals surface area contributed by atoms with Crippen LogP contribution >= 0.6 is 11.5 Å². The molecule has 0 radical (unpaired) electrons. The molecule has 0 unspecified atom stereocenters. The zero-order valence-electron chi connectivity index (χ0n) is 8.56. The van der Waals surface area contributed by atoms with E-state index < -0.39 is 0 Å². The predicted molar refractivity (Wildman–Crippen MR) is 58.6 cm³/mol. The van der Waals surface area contributed by atoms with Crippen LogP contribution in [0.25, 0.3) is 11.5 Å². The molecule has 0 aliphatic carbocycles. The molecule has 0 atom stereocenters. The Balaban J connectivity index is 2.04. The molecule has 0 aromatic carbocycles. The number of aromatic amines is 1. The summed E-state index contributed by atoms with van der Waals surface area (Å²) in [5.74, 6) is 1.20. The van der Waals surface area contributed by atoms with Crippen LogP contribution in [0.15, 0.2) is 6.20 Å². The lowest BCUT2D eigenvalue weighted by Gasteiger charge is -2.03. The Morgan fingerprint density at radius 3 is 3.07 bits per heavy atom. The Bertz CT molecular complexity index is 406. The number of H-pyrrole nitrogens is 1. The molecule has 0 aliphatic heterocycles. The molecule has 0 saturated carbocycles. The third-order valence-corrected chi connectivity index (χ3v) is 2.40. The topological polar surface area (TPSA) is 79.4 Å². The van der Waals surface area contributed by atoms with Gasteiger partial charge in [-0.1, -0.05) is 13.8 Å². The maximum atomic E-state index is 4.30. The van der Waals surface area contributed by atoms with Gasteiger partial charge in [0.05, 0.1) is 6.20 Å². The van der Waals surface area contributed by atoms with Gasteiger partial charge in [0.1, 0.15) is 0 Å². The molecule has 0 saturated heterocycles. The number of rotatable bonds is 4. The fraction of sp³-hybridized carbons (Fsp3) is 0.500. The molecule has 6 nitrogen and oxygen atoms in total. The van der Waals surface area contributed by atoms with E-state index in [4.69, 9.17) is 0 Å². The van der Waals surface area contributed by atoms with E-state index in [0.29, 0.717) is 17.4 Å². The van der Waals surface area contributed by atoms with Crippen LogP contribution < -0.4 is 5.32 Å². The molecule has 2 rings (SSSR count). The maximum absolute atomic E-state index is 4.30. The average Bonchev–Trinajstić information content (AvgIpc) is 2.85. The number of hydrogen-bond acceptors (Lipinski definition) is 6. The smallest absolute Gasteiger partial charge is 0.202 e. The van der Waals surface area contributed by atoms with Crippen molar-refractivity contribution < 1.29 is 0 Å². The first-order valence-electron chi connectivity index (χ1n) is 4.69. The van der Waals surface area contributed by atoms with Crippen molar-refractivity contribution in [3.63, 3.8) is 0 Å². The van der Waals surface area contributed by atoms with Crippen molar-refractivity contribution in [3.8, 4) is 11.5 Å². The van der Waals surface area contributed by atoms with E-state index >= 15 is 0 Å². The number of hydrogen-bond donors (Lipinski definition) is 2. The van der Waals surface area contributed by atoms with Gasteiger partial charge in [0, 0.05) is 18.1 Å². The van der Waals surface area contributed by atoms with Crippen LogP contribution in [0.3, 0.4) is 0 Å². The van der Waals surface area contributed by atoms with Gasteiger partial charge in [-0.3, -0.25) is 0 Å². The van der Waals surface area contributed by atoms with Gasteiger partial charge in [-0.2, -0.15) is 24.8 Å². The zero-order chi connectivity index (χ0) is 10.7. The molecule has 7 heteroatoms. The van der Waals surface area contributed by atoms with Crippen LogP contribution in [0, 0.1) is 5.92 Å². The summed E-state index contributed by atoms with van der Waals surface area (Å²) < 4.78 is 4.18. The summed E-state index contributed by atoms with van der Waals surface area (Å²) in [7, 11) is 0. The van der Waals surface area contributed by atoms with Gasteiger partial charge in [-0.15, -0.1) is 0 Å². The first-order valence-corrected chi connectivity index (χ1v) is 5.47. The summed E-state index contributed by atoms with van der Waals surface area (Å²) in [5, 5.41) is 14.2. The average molecular weight is 224 g/mol. The van der Waals surface area contributed by atoms with E-state index in [1.54, 1.807) is 6.20 Å². The number of anilines is 1. The number of nitrogens with one attached hydrogen (secondary N) is 2. The Hall–Kier alpha value is -1.50. The second-order valence-electron chi connectivity index (χ2n) is 3.55. The van der Waals surface area contributed by atoms with E-state index in [9.17, 15) is 0 Å². The molecule has 80 valence electrons. The highest BCUT2D eigenvalue weighted by Gasteiger charge is 2.08. The first kappa shape index (κ1) is 10.0. The number of aromatic nitrogens is 5. The normalized spacial score (nSPS) is 10.9. The molecular formula is C8H12N6S. The van der Waals surface area contributed by atoms with Crippen molar-refractivity contribution in [1.82, 2.24) is 24.8 Å². The van der Waals surface area contributed by atoms with Gasteiger partial charge in [0.15, 0.2) is 11.5 Å². The standard InChI is InChI=1S/C8H12N6S/c1-5(2)3-9-8-11-7(13-15-8)6-4-10-14-12-6/h4-5H,3H2,1-2H3,(H,9,11,13)(H,10,12,14). The quantitative estimate of drug-likeness (QED) is 0.820. The highest BCUT2D eigenvalue weighted by atomic mass is 32.1. The minimum Gasteiger partial charge on any atom is -0.360 e. The Labute approximate surface area is 91.3 Å². The Kier molecular flexibility index (Phi) is 2.91. The molecular weight excluding hydrogens is 212 g/mol. The maximum Gasteiger partial charge on any atom is 0.202 e. The lowest BCUT2D eigenvalue weighted by molar-refractivity contribution is 0.688. The molecule has 2 heterocycles. The lowest BCUT2D eigenvalue weighted by Crippen LogP contribution is -2.07. The van der Waals surface area contributed by atoms with Gasteiger partial charge >= 0.3 is 0 Å². The third-order valence-electron chi connectivity index (χ3n) is 1.73. The number of nitrogens with zero attached hydrogens (tertiary/aromatic N) is 4. The van der Waals surface area contributed by atoms with E-state index in [1.165, 1.54) is 11.5 Å². The SMILES string of the molecule is CC(C)CNc1nc(-c2cn[nH]n2)ns1. The van der Waals surface area contributed by atoms with Crippen molar-refractivity contribution in [2.45, 2.75) is 13.8 Å². The summed E-state index contributed by atoms with van der Waals surface area (Å²) in [5.41, 5.74) is 0.670. The lowest BCUT2D eigenvalue weighted by atomic mass is 10.2.